The second-order valence-corrected chi connectivity index (χ2v) is 16.8. The summed E-state index contributed by atoms with van der Waals surface area (Å²) in [6.45, 7) is 2.08. The van der Waals surface area contributed by atoms with Crippen molar-refractivity contribution in [2.45, 2.75) is 113 Å². The fraction of sp³-hybridized carbons (Fsp3) is 0.353. The molecule has 11 atom stereocenters. The van der Waals surface area contributed by atoms with Crippen molar-refractivity contribution in [3.63, 3.8) is 0 Å². The lowest BCUT2D eigenvalue weighted by Crippen LogP contribution is -2.71. The maximum atomic E-state index is 14.3. The number of azide groups is 1. The van der Waals surface area contributed by atoms with E-state index in [0.29, 0.717) is 0 Å². The van der Waals surface area contributed by atoms with E-state index in [4.69, 9.17) is 33.2 Å². The number of benzene rings is 5. The van der Waals surface area contributed by atoms with Crippen molar-refractivity contribution in [1.82, 2.24) is 15.5 Å². The fourth-order valence-corrected chi connectivity index (χ4v) is 8.78. The van der Waals surface area contributed by atoms with Gasteiger partial charge < -0.3 is 48.9 Å². The van der Waals surface area contributed by atoms with E-state index in [0.717, 1.165) is 27.8 Å². The summed E-state index contributed by atoms with van der Waals surface area (Å²) in [6, 6.07) is 42.6. The molecule has 0 radical (unpaired) electrons. The first-order valence-corrected chi connectivity index (χ1v) is 22.5. The molecule has 17 nitrogen and oxygen atoms in total. The van der Waals surface area contributed by atoms with Gasteiger partial charge in [-0.3, -0.25) is 4.90 Å². The van der Waals surface area contributed by atoms with Crippen molar-refractivity contribution in [1.29, 1.82) is 0 Å². The number of aliphatic hydroxyl groups excluding tert-OH is 1. The monoisotopic (exact) mass is 926 g/mol. The number of fused-ring (bicyclic) bond motifs is 1. The van der Waals surface area contributed by atoms with Crippen molar-refractivity contribution in [2.75, 3.05) is 0 Å². The number of alkyl carbamates (subject to hydrolysis) is 2. The van der Waals surface area contributed by atoms with Crippen LogP contribution < -0.4 is 10.6 Å². The summed E-state index contributed by atoms with van der Waals surface area (Å²) in [5.41, 5.74) is 14.0. The summed E-state index contributed by atoms with van der Waals surface area (Å²) in [5.74, 6) is 0. The van der Waals surface area contributed by atoms with Crippen molar-refractivity contribution in [3.8, 4) is 0 Å². The lowest BCUT2D eigenvalue weighted by Gasteiger charge is -2.49. The number of aliphatic hydroxyl groups is 1. The molecule has 0 bridgehead atoms. The zero-order chi connectivity index (χ0) is 47.2. The van der Waals surface area contributed by atoms with Gasteiger partial charge in [-0.05, 0) is 46.7 Å². The third-order valence-electron chi connectivity index (χ3n) is 12.2. The standard InChI is InChI=1S/C51H54N6O11/c1-33(57(28-34-17-7-2-8-18-34)51(61)65-32-38-25-15-6-16-26-38)44-40(62-29-35-19-9-3-10-20-35)27-39(55-56-52)48(66-44)67-46-41(53-49(59)64-31-37-23-13-5-14-24-37)45(63-30-36-21-11-4-12-22-36)42-47(43(46)58)68-50(60)54-42/h2-26,33,39-48,58H,27-32H2,1H3,(H,53,59)(H,54,60)/t33-,39+,40-,41-,42+,43-,44+,45-,46+,47-,48?/m0/s1. The molecular formula is C51H54N6O11. The average molecular weight is 927 g/mol. The zero-order valence-electron chi connectivity index (χ0n) is 37.3. The van der Waals surface area contributed by atoms with Crippen LogP contribution in [-0.2, 0) is 66.1 Å². The highest BCUT2D eigenvalue weighted by atomic mass is 16.7. The lowest BCUT2D eigenvalue weighted by molar-refractivity contribution is -0.288. The molecule has 3 N–H and O–H groups in total. The molecule has 17 heteroatoms. The minimum absolute atomic E-state index is 0.0126. The van der Waals surface area contributed by atoms with Crippen LogP contribution in [0.5, 0.6) is 0 Å². The average Bonchev–Trinajstić information content (AvgIpc) is 3.77. The number of hydrogen-bond donors (Lipinski definition) is 3. The van der Waals surface area contributed by atoms with E-state index >= 15 is 0 Å². The minimum Gasteiger partial charge on any atom is -0.445 e. The summed E-state index contributed by atoms with van der Waals surface area (Å²) in [7, 11) is 0. The quantitative estimate of drug-likeness (QED) is 0.0335. The van der Waals surface area contributed by atoms with Gasteiger partial charge in [0.1, 0.15) is 43.7 Å². The number of nitrogens with zero attached hydrogens (tertiary/aromatic N) is 4. The molecule has 2 heterocycles. The number of carbonyl (C=O) groups is 3. The number of ether oxygens (including phenoxy) is 7. The molecule has 2 saturated heterocycles. The third kappa shape index (κ3) is 12.1. The Labute approximate surface area is 393 Å². The van der Waals surface area contributed by atoms with Gasteiger partial charge in [-0.15, -0.1) is 0 Å². The van der Waals surface area contributed by atoms with Crippen LogP contribution in [0.25, 0.3) is 10.4 Å². The van der Waals surface area contributed by atoms with E-state index in [1.807, 2.05) is 146 Å². The minimum atomic E-state index is -1.59. The van der Waals surface area contributed by atoms with Crippen LogP contribution in [0.4, 0.5) is 14.4 Å². The van der Waals surface area contributed by atoms with Crippen LogP contribution in [0.15, 0.2) is 157 Å². The van der Waals surface area contributed by atoms with E-state index in [-0.39, 0.29) is 39.4 Å². The van der Waals surface area contributed by atoms with E-state index in [1.54, 1.807) is 17.0 Å². The third-order valence-corrected chi connectivity index (χ3v) is 12.2. The van der Waals surface area contributed by atoms with Crippen molar-refractivity contribution < 1.29 is 52.6 Å². The highest BCUT2D eigenvalue weighted by Crippen LogP contribution is 2.37. The highest BCUT2D eigenvalue weighted by molar-refractivity contribution is 5.71. The molecule has 354 valence electrons. The molecule has 68 heavy (non-hydrogen) atoms. The number of nitrogens with one attached hydrogen (secondary N) is 2. The molecule has 0 aromatic heterocycles. The Hall–Kier alpha value is -6.98. The molecule has 5 aromatic rings. The van der Waals surface area contributed by atoms with Gasteiger partial charge in [0.2, 0.25) is 0 Å². The van der Waals surface area contributed by atoms with Crippen molar-refractivity contribution >= 4 is 18.3 Å². The SMILES string of the molecule is C[C@@H]([C@H]1OC(O[C@H]2[C@H](O)[C@H]3OC(=O)N[C@@H]3[C@@H](OCc3ccccc3)[C@@H]2NC(=O)OCc2ccccc2)[C@H](N=[N+]=[N-])C[C@@H]1OCc1ccccc1)N(Cc1ccccc1)C(=O)OCc1ccccc1. The first-order chi connectivity index (χ1) is 33.2. The number of rotatable bonds is 18. The van der Waals surface area contributed by atoms with Crippen molar-refractivity contribution in [3.05, 3.63) is 190 Å². The van der Waals surface area contributed by atoms with Crippen LogP contribution in [0.3, 0.4) is 0 Å². The number of amides is 3. The summed E-state index contributed by atoms with van der Waals surface area (Å²) in [6.07, 6.45) is -10.7. The maximum Gasteiger partial charge on any atom is 0.410 e. The molecule has 8 rings (SSSR count). The smallest absolute Gasteiger partial charge is 0.410 e. The van der Waals surface area contributed by atoms with Crippen LogP contribution in [0, 0.1) is 0 Å². The van der Waals surface area contributed by atoms with Gasteiger partial charge in [-0.1, -0.05) is 157 Å². The van der Waals surface area contributed by atoms with Gasteiger partial charge in [0, 0.05) is 11.5 Å². The molecule has 3 amide bonds. The first kappa shape index (κ1) is 47.5. The first-order valence-electron chi connectivity index (χ1n) is 22.5. The van der Waals surface area contributed by atoms with Gasteiger partial charge in [-0.25, -0.2) is 14.4 Å². The highest BCUT2D eigenvalue weighted by Gasteiger charge is 2.59. The second-order valence-electron chi connectivity index (χ2n) is 16.8. The van der Waals surface area contributed by atoms with E-state index in [9.17, 15) is 25.0 Å². The van der Waals surface area contributed by atoms with Gasteiger partial charge >= 0.3 is 18.3 Å². The molecular weight excluding hydrogens is 873 g/mol. The molecule has 0 spiro atoms. The topological polar surface area (TPSA) is 212 Å². The summed E-state index contributed by atoms with van der Waals surface area (Å²) >= 11 is 0. The number of carbonyl (C=O) groups excluding carboxylic acids is 3. The van der Waals surface area contributed by atoms with Crippen molar-refractivity contribution in [2.24, 2.45) is 5.11 Å². The summed E-state index contributed by atoms with van der Waals surface area (Å²) in [4.78, 5) is 45.7. The molecule has 3 fully saturated rings. The lowest BCUT2D eigenvalue weighted by atomic mass is 9.81. The normalized spacial score (nSPS) is 25.6. The van der Waals surface area contributed by atoms with E-state index in [1.165, 1.54) is 0 Å². The summed E-state index contributed by atoms with van der Waals surface area (Å²) in [5, 5.41) is 21.9. The largest absolute Gasteiger partial charge is 0.445 e. The Balaban J connectivity index is 1.12. The van der Waals surface area contributed by atoms with Crippen LogP contribution in [-0.4, -0.2) is 95.4 Å². The summed E-state index contributed by atoms with van der Waals surface area (Å²) < 4.78 is 44.0. The predicted octanol–water partition coefficient (Wildman–Crippen LogP) is 7.71. The maximum absolute atomic E-state index is 14.3. The Morgan fingerprint density at radius 3 is 1.84 bits per heavy atom. The van der Waals surface area contributed by atoms with Gasteiger partial charge in [0.05, 0.1) is 37.4 Å². The van der Waals surface area contributed by atoms with Crippen LogP contribution in [0.1, 0.15) is 41.2 Å². The molecule has 2 aliphatic heterocycles. The molecule has 1 unspecified atom stereocenters. The fourth-order valence-electron chi connectivity index (χ4n) is 8.78. The molecule has 1 aliphatic carbocycles. The second kappa shape index (κ2) is 23.2. The predicted molar refractivity (Wildman–Crippen MR) is 246 cm³/mol. The van der Waals surface area contributed by atoms with Crippen LogP contribution in [0.2, 0.25) is 0 Å². The Bertz CT molecular complexity index is 2440. The number of hydrogen-bond acceptors (Lipinski definition) is 12. The van der Waals surface area contributed by atoms with E-state index < -0.39 is 85.4 Å². The Morgan fingerprint density at radius 1 is 0.765 bits per heavy atom. The van der Waals surface area contributed by atoms with Gasteiger partial charge in [0.15, 0.2) is 12.4 Å². The Morgan fingerprint density at radius 2 is 1.28 bits per heavy atom. The van der Waals surface area contributed by atoms with Gasteiger partial charge in [0.25, 0.3) is 0 Å². The zero-order valence-corrected chi connectivity index (χ0v) is 37.3. The van der Waals surface area contributed by atoms with E-state index in [2.05, 4.69) is 20.7 Å². The molecule has 5 aromatic carbocycles. The van der Waals surface area contributed by atoms with Crippen LogP contribution >= 0.6 is 0 Å². The molecule has 3 aliphatic rings. The molecule has 1 saturated carbocycles. The Kier molecular flexibility index (Phi) is 16.2. The van der Waals surface area contributed by atoms with Gasteiger partial charge in [-0.2, -0.15) is 0 Å².